The Labute approximate surface area is 128 Å². The van der Waals surface area contributed by atoms with E-state index in [2.05, 4.69) is 21.0 Å². The molecule has 21 heavy (non-hydrogen) atoms. The Balaban J connectivity index is 2.37. The van der Waals surface area contributed by atoms with Crippen molar-refractivity contribution < 1.29 is 18.3 Å². The van der Waals surface area contributed by atoms with Crippen LogP contribution in [0, 0.1) is 0 Å². The highest BCUT2D eigenvalue weighted by molar-refractivity contribution is 9.10. The lowest BCUT2D eigenvalue weighted by molar-refractivity contribution is -0.137. The van der Waals surface area contributed by atoms with Gasteiger partial charge in [0.05, 0.1) is 21.9 Å². The van der Waals surface area contributed by atoms with Gasteiger partial charge in [-0.05, 0) is 47.5 Å². The molecule has 1 heterocycles. The molecule has 0 saturated heterocycles. The second kappa shape index (κ2) is 5.81. The summed E-state index contributed by atoms with van der Waals surface area (Å²) in [4.78, 5) is 0. The van der Waals surface area contributed by atoms with Gasteiger partial charge in [-0.15, -0.1) is 0 Å². The van der Waals surface area contributed by atoms with Gasteiger partial charge in [0, 0.05) is 6.04 Å². The summed E-state index contributed by atoms with van der Waals surface area (Å²) in [5.74, 6) is 0. The van der Waals surface area contributed by atoms with Crippen LogP contribution in [0.5, 0.6) is 0 Å². The molecule has 114 valence electrons. The van der Waals surface area contributed by atoms with Gasteiger partial charge < -0.3 is 5.11 Å². The number of alkyl halides is 3. The summed E-state index contributed by atoms with van der Waals surface area (Å²) in [5.41, 5.74) is 0.158. The van der Waals surface area contributed by atoms with Crippen LogP contribution in [-0.2, 0) is 6.18 Å². The first-order valence-electron chi connectivity index (χ1n) is 6.30. The third kappa shape index (κ3) is 3.29. The molecule has 1 aromatic carbocycles. The van der Waals surface area contributed by atoms with Crippen LogP contribution in [0.2, 0.25) is 0 Å². The number of hydrogen-bond donors (Lipinski definition) is 1. The normalized spacial score (nSPS) is 13.7. The maximum Gasteiger partial charge on any atom is 0.416 e. The van der Waals surface area contributed by atoms with Crippen molar-refractivity contribution in [2.75, 3.05) is 0 Å². The molecule has 0 bridgehead atoms. The molecule has 0 aliphatic rings. The number of benzene rings is 1. The molecule has 0 saturated carbocycles. The molecule has 1 atom stereocenters. The Hall–Kier alpha value is -1.34. The summed E-state index contributed by atoms with van der Waals surface area (Å²) in [6.07, 6.45) is -3.88. The van der Waals surface area contributed by atoms with Crippen molar-refractivity contribution in [1.82, 2.24) is 9.78 Å². The van der Waals surface area contributed by atoms with E-state index in [1.54, 1.807) is 10.9 Å². The van der Waals surface area contributed by atoms with E-state index in [9.17, 15) is 18.3 Å². The summed E-state index contributed by atoms with van der Waals surface area (Å²) >= 11 is 3.31. The van der Waals surface area contributed by atoms with Crippen molar-refractivity contribution in [2.45, 2.75) is 32.2 Å². The Bertz CT molecular complexity index is 620. The van der Waals surface area contributed by atoms with Crippen LogP contribution >= 0.6 is 15.9 Å². The van der Waals surface area contributed by atoms with Gasteiger partial charge in [0.25, 0.3) is 0 Å². The van der Waals surface area contributed by atoms with Gasteiger partial charge in [-0.2, -0.15) is 18.3 Å². The zero-order valence-electron chi connectivity index (χ0n) is 11.4. The van der Waals surface area contributed by atoms with Crippen molar-refractivity contribution in [2.24, 2.45) is 0 Å². The molecule has 7 heteroatoms. The Kier molecular flexibility index (Phi) is 4.43. The summed E-state index contributed by atoms with van der Waals surface area (Å²) < 4.78 is 39.9. The van der Waals surface area contributed by atoms with E-state index in [1.165, 1.54) is 12.1 Å². The molecule has 2 rings (SSSR count). The van der Waals surface area contributed by atoms with Crippen LogP contribution in [0.1, 0.15) is 42.8 Å². The number of rotatable bonds is 3. The molecule has 0 aliphatic carbocycles. The van der Waals surface area contributed by atoms with Crippen molar-refractivity contribution in [3.8, 4) is 0 Å². The summed E-state index contributed by atoms with van der Waals surface area (Å²) in [6, 6.07) is 4.50. The minimum Gasteiger partial charge on any atom is -0.382 e. The Morgan fingerprint density at radius 2 is 1.76 bits per heavy atom. The zero-order valence-corrected chi connectivity index (χ0v) is 13.0. The molecule has 0 aliphatic heterocycles. The SMILES string of the molecule is CC(C)n1ncc(Br)c1C(O)c1ccc(C(F)(F)F)cc1. The lowest BCUT2D eigenvalue weighted by atomic mass is 10.0. The highest BCUT2D eigenvalue weighted by atomic mass is 79.9. The minimum absolute atomic E-state index is 0.0235. The minimum atomic E-state index is -4.39. The standard InChI is InChI=1S/C14H14BrF3N2O/c1-8(2)20-12(11(15)7-19-20)13(21)9-3-5-10(6-4-9)14(16,17)18/h3-8,13,21H,1-2H3. The first-order valence-corrected chi connectivity index (χ1v) is 7.09. The van der Waals surface area contributed by atoms with E-state index < -0.39 is 17.8 Å². The highest BCUT2D eigenvalue weighted by Crippen LogP contribution is 2.33. The van der Waals surface area contributed by atoms with Crippen molar-refractivity contribution >= 4 is 15.9 Å². The second-order valence-electron chi connectivity index (χ2n) is 4.94. The molecular weight excluding hydrogens is 349 g/mol. The Morgan fingerprint density at radius 3 is 2.24 bits per heavy atom. The fourth-order valence-electron chi connectivity index (χ4n) is 2.03. The monoisotopic (exact) mass is 362 g/mol. The molecule has 1 unspecified atom stereocenters. The van der Waals surface area contributed by atoms with E-state index >= 15 is 0 Å². The molecular formula is C14H14BrF3N2O. The third-order valence-electron chi connectivity index (χ3n) is 3.09. The summed E-state index contributed by atoms with van der Waals surface area (Å²) in [6.45, 7) is 3.81. The van der Waals surface area contributed by atoms with Gasteiger partial charge in [-0.3, -0.25) is 4.68 Å². The topological polar surface area (TPSA) is 38.0 Å². The third-order valence-corrected chi connectivity index (χ3v) is 3.70. The molecule has 0 radical (unpaired) electrons. The second-order valence-corrected chi connectivity index (χ2v) is 5.79. The molecule has 0 spiro atoms. The molecule has 0 fully saturated rings. The molecule has 1 N–H and O–H groups in total. The number of aromatic nitrogens is 2. The van der Waals surface area contributed by atoms with Crippen molar-refractivity contribution in [3.05, 3.63) is 51.8 Å². The summed E-state index contributed by atoms with van der Waals surface area (Å²) in [7, 11) is 0. The van der Waals surface area contributed by atoms with Gasteiger partial charge in [0.1, 0.15) is 6.10 Å². The van der Waals surface area contributed by atoms with Crippen LogP contribution in [0.25, 0.3) is 0 Å². The largest absolute Gasteiger partial charge is 0.416 e. The van der Waals surface area contributed by atoms with Crippen LogP contribution in [0.4, 0.5) is 13.2 Å². The van der Waals surface area contributed by atoms with Crippen molar-refractivity contribution in [3.63, 3.8) is 0 Å². The summed E-state index contributed by atoms with van der Waals surface area (Å²) in [5, 5.41) is 14.6. The number of aliphatic hydroxyl groups excluding tert-OH is 1. The number of nitrogens with zero attached hydrogens (tertiary/aromatic N) is 2. The van der Waals surface area contributed by atoms with Gasteiger partial charge in [0.2, 0.25) is 0 Å². The molecule has 3 nitrogen and oxygen atoms in total. The van der Waals surface area contributed by atoms with Crippen LogP contribution in [-0.4, -0.2) is 14.9 Å². The zero-order chi connectivity index (χ0) is 15.8. The average molecular weight is 363 g/mol. The van der Waals surface area contributed by atoms with Gasteiger partial charge >= 0.3 is 6.18 Å². The molecule has 2 aromatic rings. The van der Waals surface area contributed by atoms with Gasteiger partial charge in [0.15, 0.2) is 0 Å². The predicted octanol–water partition coefficient (Wildman–Crippen LogP) is 4.33. The fraction of sp³-hybridized carbons (Fsp3) is 0.357. The smallest absolute Gasteiger partial charge is 0.382 e. The van der Waals surface area contributed by atoms with Crippen LogP contribution in [0.15, 0.2) is 34.9 Å². The predicted molar refractivity (Wildman–Crippen MR) is 75.8 cm³/mol. The van der Waals surface area contributed by atoms with Crippen LogP contribution < -0.4 is 0 Å². The van der Waals surface area contributed by atoms with E-state index in [1.807, 2.05) is 13.8 Å². The van der Waals surface area contributed by atoms with E-state index in [0.29, 0.717) is 15.7 Å². The fourth-order valence-corrected chi connectivity index (χ4v) is 2.52. The number of aliphatic hydroxyl groups is 1. The van der Waals surface area contributed by atoms with Gasteiger partial charge in [-0.25, -0.2) is 0 Å². The lowest BCUT2D eigenvalue weighted by Crippen LogP contribution is -2.13. The maximum atomic E-state index is 12.5. The Morgan fingerprint density at radius 1 is 1.19 bits per heavy atom. The number of halogens is 4. The highest BCUT2D eigenvalue weighted by Gasteiger charge is 2.30. The lowest BCUT2D eigenvalue weighted by Gasteiger charge is -2.17. The first kappa shape index (κ1) is 16.0. The number of hydrogen-bond acceptors (Lipinski definition) is 2. The van der Waals surface area contributed by atoms with E-state index in [0.717, 1.165) is 12.1 Å². The first-order chi connectivity index (χ1) is 9.71. The average Bonchev–Trinajstić information content (AvgIpc) is 2.79. The van der Waals surface area contributed by atoms with Crippen molar-refractivity contribution in [1.29, 1.82) is 0 Å². The van der Waals surface area contributed by atoms with Gasteiger partial charge in [-0.1, -0.05) is 12.1 Å². The molecule has 0 amide bonds. The van der Waals surface area contributed by atoms with E-state index in [4.69, 9.17) is 0 Å². The molecule has 1 aromatic heterocycles. The van der Waals surface area contributed by atoms with E-state index in [-0.39, 0.29) is 6.04 Å². The quantitative estimate of drug-likeness (QED) is 0.882. The maximum absolute atomic E-state index is 12.5. The van der Waals surface area contributed by atoms with Crippen LogP contribution in [0.3, 0.4) is 0 Å².